The van der Waals surface area contributed by atoms with Crippen molar-refractivity contribution < 1.29 is 27.8 Å². The first-order valence-electron chi connectivity index (χ1n) is 10.2. The highest BCUT2D eigenvalue weighted by Crippen LogP contribution is 2.30. The van der Waals surface area contributed by atoms with E-state index < -0.39 is 12.1 Å². The number of hydrogen-bond acceptors (Lipinski definition) is 5. The van der Waals surface area contributed by atoms with Gasteiger partial charge in [-0.15, -0.1) is 11.3 Å². The van der Waals surface area contributed by atoms with Crippen molar-refractivity contribution in [1.29, 1.82) is 0 Å². The van der Waals surface area contributed by atoms with Gasteiger partial charge in [0.05, 0.1) is 7.11 Å². The normalized spacial score (nSPS) is 14.5. The molecule has 1 saturated heterocycles. The molecule has 32 heavy (non-hydrogen) atoms. The third-order valence-corrected chi connectivity index (χ3v) is 6.14. The maximum atomic E-state index is 10.6. The topological polar surface area (TPSA) is 61.8 Å². The fraction of sp³-hybridized carbons (Fsp3) is 0.348. The second kappa shape index (κ2) is 10.7. The highest BCUT2D eigenvalue weighted by Gasteiger charge is 2.38. The second-order valence-corrected chi connectivity index (χ2v) is 8.35. The number of carboxylic acids is 1. The number of aliphatic carboxylic acids is 1. The van der Waals surface area contributed by atoms with E-state index in [2.05, 4.69) is 58.1 Å². The van der Waals surface area contributed by atoms with Gasteiger partial charge in [0.25, 0.3) is 0 Å². The Morgan fingerprint density at radius 1 is 1.19 bits per heavy atom. The molecule has 1 aromatic heterocycles. The zero-order valence-corrected chi connectivity index (χ0v) is 18.4. The number of carboxylic acid groups (broad SMARTS) is 1. The number of nitrogens with zero attached hydrogens (tertiary/aromatic N) is 1. The Balaban J connectivity index is 0.000000360. The predicted octanol–water partition coefficient (Wildman–Crippen LogP) is 5.30. The van der Waals surface area contributed by atoms with Crippen LogP contribution in [0.3, 0.4) is 0 Å². The van der Waals surface area contributed by atoms with Crippen molar-refractivity contribution in [3.8, 4) is 5.75 Å². The number of ether oxygens (including phenoxy) is 1. The number of fused-ring (bicyclic) bond motifs is 1. The van der Waals surface area contributed by atoms with Crippen molar-refractivity contribution in [2.24, 2.45) is 0 Å². The van der Waals surface area contributed by atoms with Crippen molar-refractivity contribution >= 4 is 33.1 Å². The molecule has 1 aliphatic heterocycles. The van der Waals surface area contributed by atoms with E-state index in [0.717, 1.165) is 25.4 Å². The number of rotatable bonds is 5. The van der Waals surface area contributed by atoms with Crippen molar-refractivity contribution in [1.82, 2.24) is 5.32 Å². The molecule has 4 rings (SSSR count). The average Bonchev–Trinajstić information content (AvgIpc) is 3.26. The average molecular weight is 467 g/mol. The molecule has 2 N–H and O–H groups in total. The minimum Gasteiger partial charge on any atom is -0.497 e. The number of halogens is 3. The van der Waals surface area contributed by atoms with E-state index in [9.17, 15) is 13.2 Å². The van der Waals surface area contributed by atoms with E-state index in [1.165, 1.54) is 34.2 Å². The Morgan fingerprint density at radius 2 is 1.91 bits per heavy atom. The van der Waals surface area contributed by atoms with Gasteiger partial charge in [0.15, 0.2) is 0 Å². The summed E-state index contributed by atoms with van der Waals surface area (Å²) in [4.78, 5) is 11.5. The van der Waals surface area contributed by atoms with Gasteiger partial charge in [0, 0.05) is 23.0 Å². The van der Waals surface area contributed by atoms with Gasteiger partial charge in [0.1, 0.15) is 5.75 Å². The fourth-order valence-electron chi connectivity index (χ4n) is 3.65. The standard InChI is InChI=1S/C21H24N2OS.C2HF3O2/c1-24-20-4-2-3-16(13-20)15-23(18-7-10-22-11-8-18)19-5-6-21-17(14-19)9-12-25-21;3-2(4,5)1(6)7/h2-6,9,12-14,18,22H,7-8,10-11,15H2,1H3;(H,6,7). The maximum absolute atomic E-state index is 10.6. The number of thiophene rings is 1. The number of piperidine rings is 1. The maximum Gasteiger partial charge on any atom is 0.490 e. The van der Waals surface area contributed by atoms with Crippen LogP contribution in [-0.2, 0) is 11.3 Å². The summed E-state index contributed by atoms with van der Waals surface area (Å²) in [7, 11) is 1.73. The number of anilines is 1. The number of carbonyl (C=O) groups is 1. The van der Waals surface area contributed by atoms with Gasteiger partial charge >= 0.3 is 12.1 Å². The molecule has 172 valence electrons. The third kappa shape index (κ3) is 6.37. The first kappa shape index (κ1) is 23.9. The third-order valence-electron chi connectivity index (χ3n) is 5.25. The zero-order chi connectivity index (χ0) is 23.1. The van der Waals surface area contributed by atoms with Crippen LogP contribution in [0.15, 0.2) is 53.9 Å². The Morgan fingerprint density at radius 3 is 2.56 bits per heavy atom. The molecule has 3 aromatic rings. The fourth-order valence-corrected chi connectivity index (χ4v) is 4.42. The molecule has 0 amide bonds. The molecule has 0 atom stereocenters. The summed E-state index contributed by atoms with van der Waals surface area (Å²) >= 11 is 1.81. The van der Waals surface area contributed by atoms with Crippen LogP contribution < -0.4 is 15.0 Å². The first-order chi connectivity index (χ1) is 15.3. The molecule has 1 fully saturated rings. The molecule has 9 heteroatoms. The van der Waals surface area contributed by atoms with Crippen LogP contribution in [0.25, 0.3) is 10.1 Å². The summed E-state index contributed by atoms with van der Waals surface area (Å²) in [5.74, 6) is -1.83. The molecular weight excluding hydrogens is 441 g/mol. The Bertz CT molecular complexity index is 1030. The minimum atomic E-state index is -5.08. The first-order valence-corrected chi connectivity index (χ1v) is 11.0. The van der Waals surface area contributed by atoms with E-state index in [0.29, 0.717) is 6.04 Å². The van der Waals surface area contributed by atoms with E-state index in [-0.39, 0.29) is 0 Å². The summed E-state index contributed by atoms with van der Waals surface area (Å²) in [6.45, 7) is 3.11. The minimum absolute atomic E-state index is 0.573. The molecule has 0 bridgehead atoms. The van der Waals surface area contributed by atoms with Crippen LogP contribution in [0.1, 0.15) is 18.4 Å². The molecule has 2 aromatic carbocycles. The molecule has 5 nitrogen and oxygen atoms in total. The number of hydrogen-bond donors (Lipinski definition) is 2. The number of nitrogens with one attached hydrogen (secondary N) is 1. The molecule has 0 aliphatic carbocycles. The van der Waals surface area contributed by atoms with Crippen LogP contribution in [0.5, 0.6) is 5.75 Å². The largest absolute Gasteiger partial charge is 0.497 e. The van der Waals surface area contributed by atoms with Crippen molar-refractivity contribution in [2.75, 3.05) is 25.1 Å². The van der Waals surface area contributed by atoms with E-state index in [1.54, 1.807) is 7.11 Å². The van der Waals surface area contributed by atoms with Crippen LogP contribution in [0, 0.1) is 0 Å². The Hall–Kier alpha value is -2.78. The summed E-state index contributed by atoms with van der Waals surface area (Å²) < 4.78 is 38.5. The van der Waals surface area contributed by atoms with Crippen molar-refractivity contribution in [2.45, 2.75) is 31.6 Å². The van der Waals surface area contributed by atoms with E-state index in [4.69, 9.17) is 14.6 Å². The van der Waals surface area contributed by atoms with Crippen LogP contribution >= 0.6 is 11.3 Å². The van der Waals surface area contributed by atoms with Gasteiger partial charge in [-0.2, -0.15) is 13.2 Å². The lowest BCUT2D eigenvalue weighted by Gasteiger charge is -2.36. The highest BCUT2D eigenvalue weighted by molar-refractivity contribution is 7.17. The van der Waals surface area contributed by atoms with Gasteiger partial charge in [0.2, 0.25) is 0 Å². The molecule has 0 unspecified atom stereocenters. The summed E-state index contributed by atoms with van der Waals surface area (Å²) in [6.07, 6.45) is -2.71. The monoisotopic (exact) mass is 466 g/mol. The molecule has 2 heterocycles. The summed E-state index contributed by atoms with van der Waals surface area (Å²) in [6, 6.07) is 18.1. The molecule has 0 spiro atoms. The second-order valence-electron chi connectivity index (χ2n) is 7.41. The van der Waals surface area contributed by atoms with Crippen LogP contribution in [0.4, 0.5) is 18.9 Å². The van der Waals surface area contributed by atoms with Gasteiger partial charge in [-0.25, -0.2) is 4.79 Å². The zero-order valence-electron chi connectivity index (χ0n) is 17.6. The highest BCUT2D eigenvalue weighted by atomic mass is 32.1. The number of methoxy groups -OCH3 is 1. The van der Waals surface area contributed by atoms with Crippen molar-refractivity contribution in [3.63, 3.8) is 0 Å². The van der Waals surface area contributed by atoms with Gasteiger partial charge in [-0.1, -0.05) is 12.1 Å². The van der Waals surface area contributed by atoms with Crippen molar-refractivity contribution in [3.05, 3.63) is 59.5 Å². The smallest absolute Gasteiger partial charge is 0.490 e. The molecular formula is C23H25F3N2O3S. The van der Waals surface area contributed by atoms with Crippen LogP contribution in [0.2, 0.25) is 0 Å². The summed E-state index contributed by atoms with van der Waals surface area (Å²) in [5, 5.41) is 14.1. The SMILES string of the molecule is COc1cccc(CN(c2ccc3sccc3c2)C2CCNCC2)c1.O=C(O)C(F)(F)F. The lowest BCUT2D eigenvalue weighted by atomic mass is 10.0. The molecule has 0 radical (unpaired) electrons. The quantitative estimate of drug-likeness (QED) is 0.534. The van der Waals surface area contributed by atoms with E-state index in [1.807, 2.05) is 17.4 Å². The van der Waals surface area contributed by atoms with Gasteiger partial charge < -0.3 is 20.1 Å². The molecule has 1 aliphatic rings. The lowest BCUT2D eigenvalue weighted by Crippen LogP contribution is -2.43. The van der Waals surface area contributed by atoms with Crippen LogP contribution in [-0.4, -0.2) is 43.5 Å². The summed E-state index contributed by atoms with van der Waals surface area (Å²) in [5.41, 5.74) is 2.61. The number of benzene rings is 2. The van der Waals surface area contributed by atoms with E-state index >= 15 is 0 Å². The predicted molar refractivity (Wildman–Crippen MR) is 121 cm³/mol. The van der Waals surface area contributed by atoms with Gasteiger partial charge in [-0.05, 0) is 78.7 Å². The Kier molecular flexibility index (Phi) is 7.98. The number of alkyl halides is 3. The van der Waals surface area contributed by atoms with Gasteiger partial charge in [-0.3, -0.25) is 0 Å². The molecule has 0 saturated carbocycles. The lowest BCUT2D eigenvalue weighted by molar-refractivity contribution is -0.192. The Labute approximate surface area is 188 Å².